The Kier molecular flexibility index (Phi) is 5.50. The number of aliphatic hydroxyl groups excluding tert-OH is 1. The van der Waals surface area contributed by atoms with Crippen LogP contribution in [0.2, 0.25) is 0 Å². The maximum atomic E-state index is 12.7. The summed E-state index contributed by atoms with van der Waals surface area (Å²) < 4.78 is 33.8. The quantitative estimate of drug-likeness (QED) is 0.0500. The highest BCUT2D eigenvalue weighted by molar-refractivity contribution is 6.61. The molecule has 6 heterocycles. The van der Waals surface area contributed by atoms with Crippen LogP contribution < -0.4 is 5.46 Å². The molecule has 11 aromatic rings. The highest BCUT2D eigenvalue weighted by Crippen LogP contribution is 2.58. The first kappa shape index (κ1) is 31.4. The summed E-state index contributed by atoms with van der Waals surface area (Å²) in [6.07, 6.45) is -1.39. The van der Waals surface area contributed by atoms with E-state index in [9.17, 15) is 35.7 Å². The Hall–Kier alpha value is -7.78. The van der Waals surface area contributed by atoms with E-state index >= 15 is 0 Å². The van der Waals surface area contributed by atoms with Gasteiger partial charge in [0, 0.05) is 33.9 Å². The van der Waals surface area contributed by atoms with E-state index in [-0.39, 0.29) is 89.7 Å². The minimum Gasteiger partial charge on any atom is -0.507 e. The summed E-state index contributed by atoms with van der Waals surface area (Å²) in [4.78, 5) is 0. The third kappa shape index (κ3) is 3.46. The van der Waals surface area contributed by atoms with Gasteiger partial charge in [-0.3, -0.25) is 18.3 Å². The van der Waals surface area contributed by atoms with Crippen molar-refractivity contribution in [1.82, 2.24) is 8.97 Å². The lowest BCUT2D eigenvalue weighted by Gasteiger charge is -2.31. The fourth-order valence-corrected chi connectivity index (χ4v) is 9.68. The van der Waals surface area contributed by atoms with Crippen molar-refractivity contribution in [2.45, 2.75) is 18.8 Å². The average molecular weight is 771 g/mol. The lowest BCUT2D eigenvalue weighted by atomic mass is 9.52. The number of furan rings is 1. The molecule has 0 amide bonds. The molecule has 6 aromatic carbocycles. The van der Waals surface area contributed by atoms with Crippen LogP contribution in [0.3, 0.4) is 0 Å². The van der Waals surface area contributed by atoms with Crippen LogP contribution in [0.5, 0.6) is 34.5 Å². The van der Waals surface area contributed by atoms with E-state index in [0.29, 0.717) is 44.1 Å². The van der Waals surface area contributed by atoms with Gasteiger partial charge in [0.25, 0.3) is 0 Å². The van der Waals surface area contributed by atoms with Crippen LogP contribution in [-0.4, -0.2) is 52.0 Å². The summed E-state index contributed by atoms with van der Waals surface area (Å²) >= 11 is 0. The lowest BCUT2D eigenvalue weighted by molar-refractivity contribution is 0.0702. The molecule has 0 saturated heterocycles. The molecule has 0 saturated carbocycles. The summed E-state index contributed by atoms with van der Waals surface area (Å²) in [6.45, 7) is 1.61. The molecule has 7 N–H and O–H groups in total. The fourth-order valence-electron chi connectivity index (χ4n) is 9.68. The van der Waals surface area contributed by atoms with Crippen LogP contribution in [0, 0.1) is 6.92 Å². The highest BCUT2D eigenvalue weighted by Gasteiger charge is 2.46. The van der Waals surface area contributed by atoms with Crippen molar-refractivity contribution in [1.29, 1.82) is 0 Å². The Morgan fingerprint density at radius 2 is 1.26 bits per heavy atom. The summed E-state index contributed by atoms with van der Waals surface area (Å²) in [7, 11) is 1.73. The number of aryl methyl sites for hydroxylation is 1. The van der Waals surface area contributed by atoms with E-state index in [1.54, 1.807) is 29.2 Å². The molecule has 58 heavy (non-hydrogen) atoms. The Morgan fingerprint density at radius 1 is 0.569 bits per heavy atom. The van der Waals surface area contributed by atoms with Crippen molar-refractivity contribution in [2.24, 2.45) is 0 Å². The second-order valence-corrected chi connectivity index (χ2v) is 15.0. The predicted molar refractivity (Wildman–Crippen MR) is 211 cm³/mol. The average Bonchev–Trinajstić information content (AvgIpc) is 3.85. The molecule has 15 heteroatoms. The van der Waals surface area contributed by atoms with Gasteiger partial charge in [0.15, 0.2) is 41.6 Å². The van der Waals surface area contributed by atoms with E-state index in [1.165, 1.54) is 12.1 Å². The van der Waals surface area contributed by atoms with Gasteiger partial charge in [-0.25, -0.2) is 0 Å². The molecule has 1 radical (unpaired) electrons. The topological polar surface area (TPSA) is 217 Å². The Balaban J connectivity index is 1.30. The number of rotatable bonds is 2. The Bertz CT molecular complexity index is 3720. The van der Waals surface area contributed by atoms with Gasteiger partial charge in [0.2, 0.25) is 22.5 Å². The largest absolute Gasteiger partial charge is 0.507 e. The van der Waals surface area contributed by atoms with Crippen LogP contribution in [0.1, 0.15) is 28.7 Å². The molecule has 2 atom stereocenters. The van der Waals surface area contributed by atoms with Gasteiger partial charge >= 0.3 is 0 Å². The zero-order valence-electron chi connectivity index (χ0n) is 29.7. The molecule has 0 fully saturated rings. The van der Waals surface area contributed by atoms with Crippen molar-refractivity contribution in [3.63, 3.8) is 0 Å². The second kappa shape index (κ2) is 10.1. The molecule has 281 valence electrons. The minimum atomic E-state index is -1.39. The molecule has 0 spiro atoms. The normalized spacial score (nSPS) is 16.0. The van der Waals surface area contributed by atoms with Crippen molar-refractivity contribution in [3.8, 4) is 62.8 Å². The lowest BCUT2D eigenvalue weighted by Crippen LogP contribution is -2.35. The molecule has 13 rings (SSSR count). The molecule has 0 bridgehead atoms. The predicted octanol–water partition coefficient (Wildman–Crippen LogP) is 8.48. The molecule has 5 aromatic heterocycles. The van der Waals surface area contributed by atoms with Gasteiger partial charge in [-0.05, 0) is 47.9 Å². The number of hydrogen-bond acceptors (Lipinski definition) is 12. The van der Waals surface area contributed by atoms with Crippen molar-refractivity contribution in [3.05, 3.63) is 89.6 Å². The first-order valence-corrected chi connectivity index (χ1v) is 18.2. The Labute approximate surface area is 322 Å². The second-order valence-electron chi connectivity index (χ2n) is 15.0. The zero-order chi connectivity index (χ0) is 39.2. The van der Waals surface area contributed by atoms with E-state index in [2.05, 4.69) is 0 Å². The third-order valence-corrected chi connectivity index (χ3v) is 12.0. The van der Waals surface area contributed by atoms with Crippen LogP contribution in [0.25, 0.3) is 99.7 Å². The number of fused-ring (bicyclic) bond motifs is 4. The van der Waals surface area contributed by atoms with Gasteiger partial charge in [0.05, 0.1) is 33.5 Å². The fraction of sp³-hybridized carbons (Fsp3) is 0.0698. The van der Waals surface area contributed by atoms with Crippen molar-refractivity contribution < 1.29 is 58.5 Å². The number of aromatic nitrogens is 2. The number of benzene rings is 6. The van der Waals surface area contributed by atoms with Crippen molar-refractivity contribution >= 4 is 84.1 Å². The smallest absolute Gasteiger partial charge is 0.246 e. The number of aliphatic hydroxyl groups is 1. The van der Waals surface area contributed by atoms with E-state index in [4.69, 9.17) is 22.7 Å². The summed E-state index contributed by atoms with van der Waals surface area (Å²) in [5.74, 6) is -3.03. The van der Waals surface area contributed by atoms with E-state index in [1.807, 2.05) is 48.5 Å². The maximum absolute atomic E-state index is 12.7. The zero-order valence-corrected chi connectivity index (χ0v) is 29.7. The standard InChI is InChI=1S/C43H24BN2O12/c1-14-10-20(48)38-27(35(14)51)28-36(52)29-34-43(41(28)54-38)58-57-42-33-24-23-26-31(45(32(23)37(42)53)17-9-5-8-16(11-17)15-6-3-2-4-7-15)19(47)13-22(50)40(26)56-55-39-21(49)12-18(44-29)30(25(24)39)46(33)34/h2-13,29,36,47-53H,1H3. The number of phenolic OH excluding ortho intramolecular Hbond substituents is 6. The third-order valence-electron chi connectivity index (χ3n) is 12.0. The SMILES string of the molecule is Cc1cc(O)c2oc3c(c2c1O)C(O)C1[B]c2cc(O)c4ooc5c(O)cc(O)c6c5c5c7c4c2n2c1c-3ooc(c(O)c5n6-c1cccc(-c3ccccc3)c1)c72. The van der Waals surface area contributed by atoms with Gasteiger partial charge < -0.3 is 49.1 Å². The molecule has 1 aliphatic heterocycles. The number of phenols is 6. The first-order valence-electron chi connectivity index (χ1n) is 18.2. The number of aromatic hydroxyl groups is 6. The molecule has 2 unspecified atom stereocenters. The van der Waals surface area contributed by atoms with Gasteiger partial charge in [-0.2, -0.15) is 0 Å². The molecular weight excluding hydrogens is 747 g/mol. The molecule has 1 aliphatic carbocycles. The summed E-state index contributed by atoms with van der Waals surface area (Å²) in [6, 6.07) is 21.0. The first-order chi connectivity index (χ1) is 28.1. The van der Waals surface area contributed by atoms with Crippen LogP contribution in [-0.2, 0) is 0 Å². The summed E-state index contributed by atoms with van der Waals surface area (Å²) in [5.41, 5.74) is 3.92. The summed E-state index contributed by atoms with van der Waals surface area (Å²) in [5, 5.41) is 83.2. The van der Waals surface area contributed by atoms with Gasteiger partial charge in [-0.1, -0.05) is 47.9 Å². The molecule has 14 nitrogen and oxygen atoms in total. The van der Waals surface area contributed by atoms with Crippen LogP contribution >= 0.6 is 0 Å². The van der Waals surface area contributed by atoms with Crippen LogP contribution in [0.15, 0.2) is 95.5 Å². The number of hydrogen-bond donors (Lipinski definition) is 7. The maximum Gasteiger partial charge on any atom is 0.246 e. The molecule has 2 aliphatic rings. The number of nitrogens with zero attached hydrogens (tertiary/aromatic N) is 2. The monoisotopic (exact) mass is 771 g/mol. The highest BCUT2D eigenvalue weighted by atomic mass is 17.0. The van der Waals surface area contributed by atoms with Crippen molar-refractivity contribution in [2.75, 3.05) is 0 Å². The van der Waals surface area contributed by atoms with Gasteiger partial charge in [-0.15, -0.1) is 0 Å². The van der Waals surface area contributed by atoms with E-state index < -0.39 is 23.4 Å². The van der Waals surface area contributed by atoms with E-state index in [0.717, 1.165) is 17.2 Å². The molecular formula is C43H24BN2O12. The van der Waals surface area contributed by atoms with Crippen LogP contribution in [0.4, 0.5) is 0 Å². The minimum absolute atomic E-state index is 0.0140. The Morgan fingerprint density at radius 3 is 2.05 bits per heavy atom. The van der Waals surface area contributed by atoms with Gasteiger partial charge in [0.1, 0.15) is 28.0 Å².